The number of Topliss-reactive ketones (excluding diaryl/α,β-unsaturated/α-hetero) is 1. The van der Waals surface area contributed by atoms with Gasteiger partial charge in [0.1, 0.15) is 6.54 Å². The zero-order valence-corrected chi connectivity index (χ0v) is 20.2. The molecule has 0 unspecified atom stereocenters. The maximum Gasteiger partial charge on any atom is 0.274 e. The fraction of sp³-hybridized carbons (Fsp3) is 0.357. The van der Waals surface area contributed by atoms with Crippen molar-refractivity contribution in [2.45, 2.75) is 20.3 Å². The second-order valence-corrected chi connectivity index (χ2v) is 10.6. The van der Waals surface area contributed by atoms with Gasteiger partial charge in [-0.1, -0.05) is 48.0 Å². The quantitative estimate of drug-likeness (QED) is 0.358. The maximum absolute atomic E-state index is 13.7. The standard InChI is InChI=1S/C28H25ClN2O4/c1-14-7-8-16(11-15(14)2)23(32)13-30(26(33)19-5-3-4-6-22(19)29)31-27(34)24-17-9-10-18(21-12-20(17)21)25(24)28(31)35/h3-11,17-18,20-21,24-25H,12-13H2,1-2H3/t17-,18-,20-,21-,24-,25+/m0/s1. The van der Waals surface area contributed by atoms with Crippen LogP contribution in [0.4, 0.5) is 0 Å². The van der Waals surface area contributed by atoms with E-state index in [1.54, 1.807) is 30.3 Å². The Labute approximate surface area is 208 Å². The molecule has 2 saturated carbocycles. The normalized spacial score (nSPS) is 29.7. The van der Waals surface area contributed by atoms with Crippen molar-refractivity contribution < 1.29 is 19.2 Å². The smallest absolute Gasteiger partial charge is 0.274 e. The van der Waals surface area contributed by atoms with E-state index in [-0.39, 0.29) is 28.2 Å². The molecule has 2 aromatic rings. The minimum Gasteiger partial charge on any atom is -0.292 e. The van der Waals surface area contributed by atoms with Crippen LogP contribution >= 0.6 is 11.6 Å². The van der Waals surface area contributed by atoms with Gasteiger partial charge in [0.25, 0.3) is 17.7 Å². The molecule has 0 aromatic heterocycles. The molecular weight excluding hydrogens is 464 g/mol. The summed E-state index contributed by atoms with van der Waals surface area (Å²) >= 11 is 6.31. The Balaban J connectivity index is 1.38. The predicted molar refractivity (Wildman–Crippen MR) is 129 cm³/mol. The molecule has 2 aromatic carbocycles. The summed E-state index contributed by atoms with van der Waals surface area (Å²) in [5.74, 6) is -1.81. The lowest BCUT2D eigenvalue weighted by Crippen LogP contribution is -2.52. The number of rotatable bonds is 5. The second kappa shape index (κ2) is 7.89. The summed E-state index contributed by atoms with van der Waals surface area (Å²) < 4.78 is 0. The van der Waals surface area contributed by atoms with Crippen LogP contribution in [0.25, 0.3) is 0 Å². The number of nitrogens with zero attached hydrogens (tertiary/aromatic N) is 2. The van der Waals surface area contributed by atoms with Gasteiger partial charge in [-0.05, 0) is 73.3 Å². The summed E-state index contributed by atoms with van der Waals surface area (Å²) in [4.78, 5) is 54.5. The van der Waals surface area contributed by atoms with Gasteiger partial charge in [0.15, 0.2) is 5.78 Å². The van der Waals surface area contributed by atoms with Crippen LogP contribution in [-0.4, -0.2) is 40.1 Å². The fourth-order valence-electron chi connectivity index (χ4n) is 6.33. The maximum atomic E-state index is 13.7. The predicted octanol–water partition coefficient (Wildman–Crippen LogP) is 4.25. The Morgan fingerprint density at radius 1 is 0.943 bits per heavy atom. The van der Waals surface area contributed by atoms with E-state index in [0.29, 0.717) is 17.4 Å². The van der Waals surface area contributed by atoms with E-state index in [2.05, 4.69) is 12.2 Å². The minimum atomic E-state index is -0.640. The van der Waals surface area contributed by atoms with E-state index in [9.17, 15) is 19.2 Å². The number of allylic oxidation sites excluding steroid dienone is 2. The van der Waals surface area contributed by atoms with Gasteiger partial charge >= 0.3 is 0 Å². The number of amides is 3. The van der Waals surface area contributed by atoms with Crippen LogP contribution in [0.5, 0.6) is 0 Å². The molecule has 7 heteroatoms. The number of hydrazine groups is 1. The number of imide groups is 1. The summed E-state index contributed by atoms with van der Waals surface area (Å²) in [6.45, 7) is 3.43. The molecule has 0 radical (unpaired) electrons. The van der Waals surface area contributed by atoms with Crippen molar-refractivity contribution in [3.8, 4) is 0 Å². The number of halogens is 1. The molecule has 7 rings (SSSR count). The van der Waals surface area contributed by atoms with Crippen LogP contribution in [0.3, 0.4) is 0 Å². The largest absolute Gasteiger partial charge is 0.292 e. The SMILES string of the molecule is Cc1ccc(C(=O)CN(C(=O)c2ccccc2Cl)N2C(=O)[C@@H]3[C@H]4C=C[C@@H]([C@@H]5C[C@@H]45)[C@@H]3C2=O)cc1C. The number of hydrogen-bond acceptors (Lipinski definition) is 4. The van der Waals surface area contributed by atoms with Crippen molar-refractivity contribution in [3.63, 3.8) is 0 Å². The van der Waals surface area contributed by atoms with Crippen LogP contribution in [0.15, 0.2) is 54.6 Å². The lowest BCUT2D eigenvalue weighted by atomic mass is 9.63. The first-order valence-corrected chi connectivity index (χ1v) is 12.4. The van der Waals surface area contributed by atoms with Crippen LogP contribution in [0.2, 0.25) is 5.02 Å². The molecule has 35 heavy (non-hydrogen) atoms. The van der Waals surface area contributed by atoms with Gasteiger partial charge in [-0.25, -0.2) is 5.01 Å². The Morgan fingerprint density at radius 3 is 2.17 bits per heavy atom. The molecule has 1 heterocycles. The fourth-order valence-corrected chi connectivity index (χ4v) is 6.54. The number of hydrogen-bond donors (Lipinski definition) is 0. The van der Waals surface area contributed by atoms with Crippen LogP contribution in [0.1, 0.15) is 38.3 Å². The Hall–Kier alpha value is -3.25. The molecule has 3 amide bonds. The van der Waals surface area contributed by atoms with E-state index in [1.165, 1.54) is 6.07 Å². The third-order valence-electron chi connectivity index (χ3n) is 8.34. The summed E-state index contributed by atoms with van der Waals surface area (Å²) in [6.07, 6.45) is 5.20. The first-order valence-electron chi connectivity index (χ1n) is 12.0. The van der Waals surface area contributed by atoms with Crippen molar-refractivity contribution in [2.24, 2.45) is 35.5 Å². The van der Waals surface area contributed by atoms with E-state index >= 15 is 0 Å². The van der Waals surface area contributed by atoms with Gasteiger partial charge in [0.2, 0.25) is 0 Å². The summed E-state index contributed by atoms with van der Waals surface area (Å²) in [6, 6.07) is 11.8. The lowest BCUT2D eigenvalue weighted by Gasteiger charge is -2.37. The number of aryl methyl sites for hydroxylation is 2. The molecule has 3 fully saturated rings. The van der Waals surface area contributed by atoms with Gasteiger partial charge in [-0.3, -0.25) is 19.2 Å². The Bertz CT molecular complexity index is 1300. The van der Waals surface area contributed by atoms with Gasteiger partial charge in [-0.2, -0.15) is 5.01 Å². The van der Waals surface area contributed by atoms with Crippen LogP contribution < -0.4 is 0 Å². The number of benzene rings is 2. The molecule has 4 aliphatic carbocycles. The number of carbonyl (C=O) groups is 4. The lowest BCUT2D eigenvalue weighted by molar-refractivity contribution is -0.154. The van der Waals surface area contributed by atoms with Crippen molar-refractivity contribution in [3.05, 3.63) is 81.9 Å². The molecule has 2 bridgehead atoms. The van der Waals surface area contributed by atoms with Crippen molar-refractivity contribution >= 4 is 35.1 Å². The average molecular weight is 489 g/mol. The van der Waals surface area contributed by atoms with Gasteiger partial charge in [0, 0.05) is 5.56 Å². The minimum absolute atomic E-state index is 0.0177. The van der Waals surface area contributed by atoms with E-state index in [0.717, 1.165) is 27.6 Å². The highest BCUT2D eigenvalue weighted by Gasteiger charge is 2.68. The molecular formula is C28H25ClN2O4. The molecule has 1 saturated heterocycles. The van der Waals surface area contributed by atoms with E-state index < -0.39 is 36.1 Å². The number of carbonyl (C=O) groups excluding carboxylic acids is 4. The highest BCUT2D eigenvalue weighted by Crippen LogP contribution is 2.65. The third-order valence-corrected chi connectivity index (χ3v) is 8.67. The molecule has 0 N–H and O–H groups in total. The van der Waals surface area contributed by atoms with Crippen molar-refractivity contribution in [1.82, 2.24) is 10.0 Å². The zero-order chi connectivity index (χ0) is 24.6. The topological polar surface area (TPSA) is 74.8 Å². The highest BCUT2D eigenvalue weighted by molar-refractivity contribution is 6.34. The third kappa shape index (κ3) is 3.30. The number of ketones is 1. The first kappa shape index (κ1) is 22.2. The molecule has 1 aliphatic heterocycles. The monoisotopic (exact) mass is 488 g/mol. The van der Waals surface area contributed by atoms with Crippen LogP contribution in [0, 0.1) is 49.4 Å². The first-order chi connectivity index (χ1) is 16.8. The van der Waals surface area contributed by atoms with Gasteiger partial charge in [-0.15, -0.1) is 0 Å². The molecule has 6 atom stereocenters. The molecule has 5 aliphatic rings. The van der Waals surface area contributed by atoms with Crippen LogP contribution in [-0.2, 0) is 9.59 Å². The zero-order valence-electron chi connectivity index (χ0n) is 19.5. The van der Waals surface area contributed by atoms with Crippen molar-refractivity contribution in [1.29, 1.82) is 0 Å². The summed E-state index contributed by atoms with van der Waals surface area (Å²) in [5, 5.41) is 2.17. The van der Waals surface area contributed by atoms with Gasteiger partial charge < -0.3 is 0 Å². The van der Waals surface area contributed by atoms with E-state index in [4.69, 9.17) is 11.6 Å². The summed E-state index contributed by atoms with van der Waals surface area (Å²) in [7, 11) is 0. The molecule has 6 nitrogen and oxygen atoms in total. The van der Waals surface area contributed by atoms with Crippen molar-refractivity contribution in [2.75, 3.05) is 6.54 Å². The van der Waals surface area contributed by atoms with Gasteiger partial charge in [0.05, 0.1) is 22.4 Å². The molecule has 0 spiro atoms. The molecule has 178 valence electrons. The average Bonchev–Trinajstić information content (AvgIpc) is 3.63. The Kier molecular flexibility index (Phi) is 5.01. The summed E-state index contributed by atoms with van der Waals surface area (Å²) in [5.41, 5.74) is 2.55. The van der Waals surface area contributed by atoms with E-state index in [1.807, 2.05) is 19.9 Å². The Morgan fingerprint density at radius 2 is 1.57 bits per heavy atom. The highest BCUT2D eigenvalue weighted by atomic mass is 35.5. The second-order valence-electron chi connectivity index (χ2n) is 10.2.